The molecule has 0 saturated carbocycles. The first-order chi connectivity index (χ1) is 13.6. The summed E-state index contributed by atoms with van der Waals surface area (Å²) in [5.41, 5.74) is 0.417. The van der Waals surface area contributed by atoms with E-state index >= 15 is 0 Å². The Morgan fingerprint density at radius 3 is 2.46 bits per heavy atom. The first-order valence-electron chi connectivity index (χ1n) is 8.79. The Kier molecular flexibility index (Phi) is 6.56. The zero-order valence-electron chi connectivity index (χ0n) is 16.0. The Bertz CT molecular complexity index is 831. The molecule has 9 heteroatoms. The topological polar surface area (TPSA) is 83.0 Å². The fourth-order valence-electron chi connectivity index (χ4n) is 3.17. The molecule has 0 bridgehead atoms. The SMILES string of the molecule is COc1ccc(C(=O)N2CCCC(Oc3ncc(Br)cn3)C2)c(OC)c1OC. The van der Waals surface area contributed by atoms with E-state index in [1.165, 1.54) is 21.3 Å². The number of carbonyl (C=O) groups is 1. The van der Waals surface area contributed by atoms with E-state index < -0.39 is 0 Å². The summed E-state index contributed by atoms with van der Waals surface area (Å²) in [7, 11) is 4.55. The largest absolute Gasteiger partial charge is 0.493 e. The second-order valence-corrected chi connectivity index (χ2v) is 7.11. The number of carbonyl (C=O) groups excluding carboxylic acids is 1. The van der Waals surface area contributed by atoms with Crippen LogP contribution in [-0.2, 0) is 0 Å². The number of nitrogens with zero attached hydrogens (tertiary/aromatic N) is 3. The molecule has 0 spiro atoms. The Balaban J connectivity index is 1.77. The van der Waals surface area contributed by atoms with Crippen LogP contribution in [0, 0.1) is 0 Å². The molecule has 0 aliphatic carbocycles. The maximum atomic E-state index is 13.1. The third-order valence-electron chi connectivity index (χ3n) is 4.47. The molecule has 1 aromatic carbocycles. The van der Waals surface area contributed by atoms with Gasteiger partial charge in [0.15, 0.2) is 11.5 Å². The van der Waals surface area contributed by atoms with E-state index in [1.807, 2.05) is 0 Å². The molecule has 1 aliphatic rings. The molecule has 3 rings (SSSR count). The number of hydrogen-bond acceptors (Lipinski definition) is 7. The Hall–Kier alpha value is -2.55. The van der Waals surface area contributed by atoms with Crippen LogP contribution in [-0.4, -0.2) is 61.3 Å². The lowest BCUT2D eigenvalue weighted by Gasteiger charge is -2.32. The van der Waals surface area contributed by atoms with Crippen molar-refractivity contribution >= 4 is 21.8 Å². The summed E-state index contributed by atoms with van der Waals surface area (Å²) < 4.78 is 22.7. The molecule has 1 aromatic heterocycles. The molecule has 8 nitrogen and oxygen atoms in total. The summed E-state index contributed by atoms with van der Waals surface area (Å²) in [6, 6.07) is 3.68. The molecule has 1 fully saturated rings. The van der Waals surface area contributed by atoms with Crippen molar-refractivity contribution in [3.63, 3.8) is 0 Å². The van der Waals surface area contributed by atoms with Gasteiger partial charge in [-0.3, -0.25) is 4.79 Å². The summed E-state index contributed by atoms with van der Waals surface area (Å²) in [5, 5.41) is 0. The van der Waals surface area contributed by atoms with Crippen molar-refractivity contribution in [3.8, 4) is 23.3 Å². The minimum atomic E-state index is -0.176. The molecule has 150 valence electrons. The van der Waals surface area contributed by atoms with E-state index in [1.54, 1.807) is 29.4 Å². The lowest BCUT2D eigenvalue weighted by molar-refractivity contribution is 0.0512. The van der Waals surface area contributed by atoms with Crippen LogP contribution >= 0.6 is 15.9 Å². The molecule has 0 N–H and O–H groups in total. The number of likely N-dealkylation sites (tertiary alicyclic amines) is 1. The third kappa shape index (κ3) is 4.30. The molecular weight excluding hydrogens is 430 g/mol. The smallest absolute Gasteiger partial charge is 0.316 e. The predicted octanol–water partition coefficient (Wildman–Crippen LogP) is 2.95. The van der Waals surface area contributed by atoms with Crippen LogP contribution in [0.2, 0.25) is 0 Å². The van der Waals surface area contributed by atoms with Gasteiger partial charge in [-0.05, 0) is 40.9 Å². The van der Waals surface area contributed by atoms with E-state index in [9.17, 15) is 4.79 Å². The van der Waals surface area contributed by atoms with Gasteiger partial charge in [0.05, 0.1) is 37.9 Å². The number of methoxy groups -OCH3 is 3. The highest BCUT2D eigenvalue weighted by atomic mass is 79.9. The first kappa shape index (κ1) is 20.2. The van der Waals surface area contributed by atoms with Gasteiger partial charge >= 0.3 is 6.01 Å². The summed E-state index contributed by atoms with van der Waals surface area (Å²) in [6.07, 6.45) is 4.73. The molecule has 2 aromatic rings. The van der Waals surface area contributed by atoms with Crippen molar-refractivity contribution in [2.45, 2.75) is 18.9 Å². The van der Waals surface area contributed by atoms with Crippen LogP contribution < -0.4 is 18.9 Å². The van der Waals surface area contributed by atoms with E-state index in [4.69, 9.17) is 18.9 Å². The zero-order chi connectivity index (χ0) is 20.1. The van der Waals surface area contributed by atoms with Crippen molar-refractivity contribution in [1.29, 1.82) is 0 Å². The van der Waals surface area contributed by atoms with Gasteiger partial charge in [-0.1, -0.05) is 0 Å². The summed E-state index contributed by atoms with van der Waals surface area (Å²) >= 11 is 3.30. The van der Waals surface area contributed by atoms with Gasteiger partial charge in [0, 0.05) is 18.9 Å². The number of ether oxygens (including phenoxy) is 4. The number of aromatic nitrogens is 2. The Morgan fingerprint density at radius 2 is 1.82 bits per heavy atom. The number of piperidine rings is 1. The Morgan fingerprint density at radius 1 is 1.11 bits per heavy atom. The van der Waals surface area contributed by atoms with Crippen molar-refractivity contribution in [3.05, 3.63) is 34.6 Å². The minimum Gasteiger partial charge on any atom is -0.493 e. The van der Waals surface area contributed by atoms with Gasteiger partial charge < -0.3 is 23.8 Å². The Labute approximate surface area is 171 Å². The molecular formula is C19H22BrN3O5. The van der Waals surface area contributed by atoms with Gasteiger partial charge in [-0.2, -0.15) is 0 Å². The molecule has 1 atom stereocenters. The summed E-state index contributed by atoms with van der Waals surface area (Å²) in [6.45, 7) is 1.08. The molecule has 1 saturated heterocycles. The average Bonchev–Trinajstić information content (AvgIpc) is 2.73. The van der Waals surface area contributed by atoms with Crippen molar-refractivity contribution in [2.24, 2.45) is 0 Å². The maximum absolute atomic E-state index is 13.1. The van der Waals surface area contributed by atoms with Crippen LogP contribution in [0.4, 0.5) is 0 Å². The molecule has 1 amide bonds. The molecule has 2 heterocycles. The van der Waals surface area contributed by atoms with Gasteiger partial charge in [0.25, 0.3) is 5.91 Å². The molecule has 0 radical (unpaired) electrons. The lowest BCUT2D eigenvalue weighted by Crippen LogP contribution is -2.44. The predicted molar refractivity (Wildman–Crippen MR) is 105 cm³/mol. The first-order valence-corrected chi connectivity index (χ1v) is 9.59. The lowest BCUT2D eigenvalue weighted by atomic mass is 10.1. The van der Waals surface area contributed by atoms with E-state index in [0.29, 0.717) is 41.9 Å². The second kappa shape index (κ2) is 9.09. The van der Waals surface area contributed by atoms with Crippen molar-refractivity contribution < 1.29 is 23.7 Å². The third-order valence-corrected chi connectivity index (χ3v) is 4.88. The van der Waals surface area contributed by atoms with E-state index in [-0.39, 0.29) is 12.0 Å². The summed E-state index contributed by atoms with van der Waals surface area (Å²) in [5.74, 6) is 1.10. The fourth-order valence-corrected chi connectivity index (χ4v) is 3.37. The standard InChI is InChI=1S/C19H22BrN3O5/c1-25-15-7-6-14(16(26-2)17(15)27-3)18(24)23-8-4-5-13(11-23)28-19-21-9-12(20)10-22-19/h6-7,9-10,13H,4-5,8,11H2,1-3H3. The quantitative estimate of drug-likeness (QED) is 0.667. The van der Waals surface area contributed by atoms with Crippen LogP contribution in [0.5, 0.6) is 23.3 Å². The fraction of sp³-hybridized carbons (Fsp3) is 0.421. The number of amides is 1. The van der Waals surface area contributed by atoms with E-state index in [0.717, 1.165) is 17.3 Å². The highest BCUT2D eigenvalue weighted by molar-refractivity contribution is 9.10. The van der Waals surface area contributed by atoms with Crippen LogP contribution in [0.25, 0.3) is 0 Å². The highest BCUT2D eigenvalue weighted by Gasteiger charge is 2.29. The van der Waals surface area contributed by atoms with Crippen molar-refractivity contribution in [1.82, 2.24) is 14.9 Å². The van der Waals surface area contributed by atoms with Gasteiger partial charge in [-0.25, -0.2) is 9.97 Å². The number of benzene rings is 1. The van der Waals surface area contributed by atoms with E-state index in [2.05, 4.69) is 25.9 Å². The zero-order valence-corrected chi connectivity index (χ0v) is 17.6. The molecule has 28 heavy (non-hydrogen) atoms. The van der Waals surface area contributed by atoms with Gasteiger partial charge in [0.1, 0.15) is 6.10 Å². The number of halogens is 1. The van der Waals surface area contributed by atoms with Crippen LogP contribution in [0.1, 0.15) is 23.2 Å². The second-order valence-electron chi connectivity index (χ2n) is 6.20. The van der Waals surface area contributed by atoms with Gasteiger partial charge in [-0.15, -0.1) is 0 Å². The minimum absolute atomic E-state index is 0.150. The maximum Gasteiger partial charge on any atom is 0.316 e. The highest BCUT2D eigenvalue weighted by Crippen LogP contribution is 2.40. The molecule has 1 unspecified atom stereocenters. The normalized spacial score (nSPS) is 16.4. The van der Waals surface area contributed by atoms with Crippen LogP contribution in [0.3, 0.4) is 0 Å². The average molecular weight is 452 g/mol. The van der Waals surface area contributed by atoms with Gasteiger partial charge in [0.2, 0.25) is 5.75 Å². The number of rotatable bonds is 6. The molecule has 1 aliphatic heterocycles. The monoisotopic (exact) mass is 451 g/mol. The summed E-state index contributed by atoms with van der Waals surface area (Å²) in [4.78, 5) is 23.2. The number of hydrogen-bond donors (Lipinski definition) is 0. The van der Waals surface area contributed by atoms with Crippen molar-refractivity contribution in [2.75, 3.05) is 34.4 Å². The van der Waals surface area contributed by atoms with Crippen LogP contribution in [0.15, 0.2) is 29.0 Å².